The summed E-state index contributed by atoms with van der Waals surface area (Å²) in [5.74, 6) is -1.99. The number of hydrogen-bond donors (Lipinski definition) is 0. The molecule has 0 aromatic rings. The molecule has 0 aliphatic carbocycles. The average molecular weight is 365 g/mol. The normalized spacial score (nSPS) is 11.5. The molecule has 0 bridgehead atoms. The van der Waals surface area contributed by atoms with Gasteiger partial charge < -0.3 is 0 Å². The van der Waals surface area contributed by atoms with Gasteiger partial charge in [0.05, 0.1) is 0 Å². The van der Waals surface area contributed by atoms with Crippen LogP contribution in [0.15, 0.2) is 0 Å². The van der Waals surface area contributed by atoms with Gasteiger partial charge in [0.15, 0.2) is 0 Å². The first-order chi connectivity index (χ1) is 10.9. The fourth-order valence-electron chi connectivity index (χ4n) is 1.85. The van der Waals surface area contributed by atoms with E-state index >= 15 is 0 Å². The molecule has 0 heterocycles. The van der Waals surface area contributed by atoms with E-state index in [2.05, 4.69) is 0 Å². The Morgan fingerprint density at radius 2 is 1.61 bits per heavy atom. The molecular weight excluding hydrogens is 340 g/mol. The maximum absolute atomic E-state index is 12.0. The van der Waals surface area contributed by atoms with Gasteiger partial charge in [-0.2, -0.15) is 0 Å². The van der Waals surface area contributed by atoms with Crippen LogP contribution in [0.25, 0.3) is 0 Å². The van der Waals surface area contributed by atoms with Crippen molar-refractivity contribution in [1.29, 1.82) is 0 Å². The van der Waals surface area contributed by atoms with Gasteiger partial charge in [0.25, 0.3) is 0 Å². The molecule has 1 unspecified atom stereocenters. The molecular formula is C15H25O7Ti. The minimum atomic E-state index is -2.85. The van der Waals surface area contributed by atoms with E-state index in [9.17, 15) is 19.2 Å². The van der Waals surface area contributed by atoms with Crippen LogP contribution in [0.5, 0.6) is 0 Å². The second kappa shape index (κ2) is 12.4. The quantitative estimate of drug-likeness (QED) is 0.296. The SMILES string of the molecule is CCC[O][Ti]([CH2]C(=O)CC(=O)OCC)[CH](C(C)=O)C(=O)OCC. The number of ketones is 2. The summed E-state index contributed by atoms with van der Waals surface area (Å²) in [5.41, 5.74) is 0. The summed E-state index contributed by atoms with van der Waals surface area (Å²) in [6.07, 6.45) is 0.337. The van der Waals surface area contributed by atoms with Gasteiger partial charge in [-0.3, -0.25) is 0 Å². The second-order valence-corrected chi connectivity index (χ2v) is 8.17. The first kappa shape index (κ1) is 22.0. The summed E-state index contributed by atoms with van der Waals surface area (Å²) >= 11 is -2.85. The van der Waals surface area contributed by atoms with E-state index in [0.717, 1.165) is 0 Å². The van der Waals surface area contributed by atoms with Gasteiger partial charge in [0.2, 0.25) is 0 Å². The summed E-state index contributed by atoms with van der Waals surface area (Å²) in [6.45, 7) is 7.19. The molecule has 0 amide bonds. The fourth-order valence-corrected chi connectivity index (χ4v) is 5.37. The molecule has 0 rings (SSSR count). The number of ether oxygens (including phenoxy) is 2. The first-order valence-corrected chi connectivity index (χ1v) is 10.3. The van der Waals surface area contributed by atoms with Gasteiger partial charge in [-0.05, 0) is 0 Å². The van der Waals surface area contributed by atoms with Crippen LogP contribution < -0.4 is 0 Å². The zero-order valence-electron chi connectivity index (χ0n) is 14.2. The third kappa shape index (κ3) is 8.98. The Balaban J connectivity index is 5.00. The third-order valence-electron chi connectivity index (χ3n) is 2.76. The van der Waals surface area contributed by atoms with Crippen molar-refractivity contribution in [3.05, 3.63) is 0 Å². The molecule has 0 aromatic carbocycles. The predicted octanol–water partition coefficient (Wildman–Crippen LogP) is 1.83. The molecule has 23 heavy (non-hydrogen) atoms. The monoisotopic (exact) mass is 365 g/mol. The van der Waals surface area contributed by atoms with Gasteiger partial charge in [0.1, 0.15) is 0 Å². The molecule has 0 radical (unpaired) electrons. The second-order valence-electron chi connectivity index (χ2n) is 4.81. The summed E-state index contributed by atoms with van der Waals surface area (Å²) < 4.78 is 14.3. The molecule has 8 heteroatoms. The van der Waals surface area contributed by atoms with Crippen molar-refractivity contribution in [2.45, 2.75) is 49.5 Å². The van der Waals surface area contributed by atoms with Crippen molar-refractivity contribution in [3.63, 3.8) is 0 Å². The molecule has 0 N–H and O–H groups in total. The molecule has 0 spiro atoms. The van der Waals surface area contributed by atoms with E-state index in [-0.39, 0.29) is 35.9 Å². The Labute approximate surface area is 143 Å². The van der Waals surface area contributed by atoms with E-state index in [1.54, 1.807) is 13.8 Å². The third-order valence-corrected chi connectivity index (χ3v) is 6.83. The molecule has 131 valence electrons. The Hall–Kier alpha value is -1.05. The molecule has 7 nitrogen and oxygen atoms in total. The van der Waals surface area contributed by atoms with Crippen molar-refractivity contribution in [3.8, 4) is 0 Å². The minimum absolute atomic E-state index is 0.0537. The number of hydrogen-bond acceptors (Lipinski definition) is 7. The van der Waals surface area contributed by atoms with Crippen LogP contribution in [0, 0.1) is 0 Å². The summed E-state index contributed by atoms with van der Waals surface area (Å²) in [7, 11) is 0. The molecule has 0 aromatic heterocycles. The van der Waals surface area contributed by atoms with E-state index < -0.39 is 34.4 Å². The fraction of sp³-hybridized carbons (Fsp3) is 0.733. The first-order valence-electron chi connectivity index (χ1n) is 7.70. The van der Waals surface area contributed by atoms with Gasteiger partial charge >= 0.3 is 143 Å². The van der Waals surface area contributed by atoms with Crippen molar-refractivity contribution < 1.29 is 50.2 Å². The van der Waals surface area contributed by atoms with E-state index in [0.29, 0.717) is 13.0 Å². The Bertz CT molecular complexity index is 422. The van der Waals surface area contributed by atoms with Gasteiger partial charge in [-0.15, -0.1) is 0 Å². The van der Waals surface area contributed by atoms with Crippen LogP contribution in [0.2, 0.25) is 8.95 Å². The number of carbonyl (C=O) groups excluding carboxylic acids is 4. The summed E-state index contributed by atoms with van der Waals surface area (Å²) in [6, 6.07) is 0. The topological polar surface area (TPSA) is 96.0 Å². The Kier molecular flexibility index (Phi) is 11.8. The zero-order valence-corrected chi connectivity index (χ0v) is 15.7. The Morgan fingerprint density at radius 1 is 1.00 bits per heavy atom. The van der Waals surface area contributed by atoms with Crippen LogP contribution in [0.4, 0.5) is 0 Å². The number of carbonyl (C=O) groups is 4. The summed E-state index contributed by atoms with van der Waals surface area (Å²) in [4.78, 5) is 47.2. The average Bonchev–Trinajstić information content (AvgIpc) is 2.44. The molecule has 1 atom stereocenters. The Morgan fingerprint density at radius 3 is 2.09 bits per heavy atom. The molecule has 0 saturated carbocycles. The summed E-state index contributed by atoms with van der Waals surface area (Å²) in [5, 5.41) is 0. The maximum atomic E-state index is 12.0. The molecule has 0 fully saturated rings. The van der Waals surface area contributed by atoms with Crippen molar-refractivity contribution in [1.82, 2.24) is 0 Å². The molecule has 0 saturated heterocycles. The van der Waals surface area contributed by atoms with E-state index in [1.807, 2.05) is 6.92 Å². The van der Waals surface area contributed by atoms with E-state index in [1.165, 1.54) is 6.92 Å². The number of esters is 2. The van der Waals surface area contributed by atoms with Crippen molar-refractivity contribution >= 4 is 23.5 Å². The molecule has 0 aliphatic heterocycles. The van der Waals surface area contributed by atoms with Gasteiger partial charge in [-0.25, -0.2) is 0 Å². The van der Waals surface area contributed by atoms with Crippen LogP contribution in [0.3, 0.4) is 0 Å². The van der Waals surface area contributed by atoms with Crippen molar-refractivity contribution in [2.24, 2.45) is 0 Å². The standard InChI is InChI=1S/2C6H9O3.C3H7O.Ti/c2*1-3-9-6(8)4-5(2)7;1-2-3-4;/h4H,3H2,1-2H3;2-4H2,1H3;2-3H2,1H3;/q;;-1;+1. The molecule has 0 aliphatic rings. The number of rotatable bonds is 12. The van der Waals surface area contributed by atoms with E-state index in [4.69, 9.17) is 12.8 Å². The van der Waals surface area contributed by atoms with Crippen LogP contribution in [-0.2, 0) is 50.2 Å². The van der Waals surface area contributed by atoms with Gasteiger partial charge in [-0.1, -0.05) is 0 Å². The zero-order chi connectivity index (χ0) is 17.8. The predicted molar refractivity (Wildman–Crippen MR) is 78.4 cm³/mol. The van der Waals surface area contributed by atoms with Gasteiger partial charge in [0, 0.05) is 0 Å². The van der Waals surface area contributed by atoms with Crippen molar-refractivity contribution in [2.75, 3.05) is 19.8 Å². The van der Waals surface area contributed by atoms with Crippen LogP contribution >= 0.6 is 0 Å². The number of Topliss-reactive ketones (excluding diaryl/α,β-unsaturated/α-hetero) is 2. The van der Waals surface area contributed by atoms with Crippen LogP contribution in [0.1, 0.15) is 40.5 Å². The van der Waals surface area contributed by atoms with Crippen LogP contribution in [-0.4, -0.2) is 43.3 Å².